The maximum Gasteiger partial charge on any atom is 0.295 e. The van der Waals surface area contributed by atoms with E-state index in [2.05, 4.69) is 10.6 Å². The topological polar surface area (TPSA) is 85.1 Å². The van der Waals surface area contributed by atoms with Gasteiger partial charge in [0.05, 0.1) is 11.4 Å². The van der Waals surface area contributed by atoms with Gasteiger partial charge in [0.1, 0.15) is 5.69 Å². The summed E-state index contributed by atoms with van der Waals surface area (Å²) in [6, 6.07) is 15.5. The Bertz CT molecular complexity index is 1130. The maximum atomic E-state index is 12.9. The molecular weight excluding hydrogens is 380 g/mol. The third-order valence-electron chi connectivity index (χ3n) is 4.69. The molecule has 0 aliphatic heterocycles. The van der Waals surface area contributed by atoms with E-state index in [1.165, 1.54) is 4.68 Å². The van der Waals surface area contributed by atoms with Crippen molar-refractivity contribution in [2.75, 3.05) is 5.32 Å². The van der Waals surface area contributed by atoms with E-state index in [9.17, 15) is 14.4 Å². The van der Waals surface area contributed by atoms with Crippen molar-refractivity contribution in [1.29, 1.82) is 0 Å². The molecule has 7 nitrogen and oxygen atoms in total. The molecule has 2 amide bonds. The number of benzene rings is 2. The predicted molar refractivity (Wildman–Crippen MR) is 117 cm³/mol. The Morgan fingerprint density at radius 2 is 1.40 bits per heavy atom. The third-order valence-corrected chi connectivity index (χ3v) is 4.69. The normalized spacial score (nSPS) is 11.2. The van der Waals surface area contributed by atoms with Crippen LogP contribution >= 0.6 is 0 Å². The number of para-hydroxylation sites is 1. The maximum absolute atomic E-state index is 12.9. The van der Waals surface area contributed by atoms with E-state index in [-0.39, 0.29) is 22.7 Å². The molecule has 2 aromatic carbocycles. The summed E-state index contributed by atoms with van der Waals surface area (Å²) in [5.74, 6) is -0.622. The van der Waals surface area contributed by atoms with Crippen molar-refractivity contribution in [2.24, 2.45) is 7.05 Å². The van der Waals surface area contributed by atoms with Crippen LogP contribution in [0.25, 0.3) is 5.69 Å². The number of amides is 2. The van der Waals surface area contributed by atoms with Crippen LogP contribution < -0.4 is 16.2 Å². The summed E-state index contributed by atoms with van der Waals surface area (Å²) in [4.78, 5) is 37.9. The van der Waals surface area contributed by atoms with Gasteiger partial charge < -0.3 is 10.6 Å². The van der Waals surface area contributed by atoms with Crippen LogP contribution in [-0.4, -0.2) is 26.7 Å². The molecule has 0 aliphatic rings. The highest BCUT2D eigenvalue weighted by atomic mass is 16.2. The minimum atomic E-state index is -0.413. The van der Waals surface area contributed by atoms with Gasteiger partial charge in [-0.1, -0.05) is 18.2 Å². The molecule has 0 unspecified atom stereocenters. The molecule has 156 valence electrons. The summed E-state index contributed by atoms with van der Waals surface area (Å²) < 4.78 is 3.21. The number of aromatic nitrogens is 2. The summed E-state index contributed by atoms with van der Waals surface area (Å²) in [5, 5.41) is 5.60. The molecule has 0 bridgehead atoms. The second-order valence-corrected chi connectivity index (χ2v) is 8.17. The van der Waals surface area contributed by atoms with Gasteiger partial charge in [-0.3, -0.25) is 19.1 Å². The van der Waals surface area contributed by atoms with Crippen LogP contribution in [0.15, 0.2) is 59.4 Å². The summed E-state index contributed by atoms with van der Waals surface area (Å²) in [6.07, 6.45) is 0. The van der Waals surface area contributed by atoms with Gasteiger partial charge in [-0.15, -0.1) is 0 Å². The summed E-state index contributed by atoms with van der Waals surface area (Å²) in [7, 11) is 1.77. The SMILES string of the molecule is Cc1c(NC(=O)c2ccc(C(=O)NC(C)(C)C)cc2)c(=O)n(-c2ccccc2)n1C. The Labute approximate surface area is 175 Å². The highest BCUT2D eigenvalue weighted by Crippen LogP contribution is 2.15. The smallest absolute Gasteiger partial charge is 0.295 e. The van der Waals surface area contributed by atoms with Crippen molar-refractivity contribution in [3.05, 3.63) is 81.8 Å². The number of carbonyl (C=O) groups is 2. The molecule has 0 atom stereocenters. The van der Waals surface area contributed by atoms with Crippen LogP contribution in [-0.2, 0) is 7.05 Å². The second kappa shape index (κ2) is 8.02. The van der Waals surface area contributed by atoms with Crippen LogP contribution in [0.4, 0.5) is 5.69 Å². The van der Waals surface area contributed by atoms with Crippen molar-refractivity contribution in [3.8, 4) is 5.69 Å². The Hall–Kier alpha value is -3.61. The van der Waals surface area contributed by atoms with Crippen LogP contribution in [0.5, 0.6) is 0 Å². The van der Waals surface area contributed by atoms with E-state index in [1.54, 1.807) is 42.9 Å². The molecule has 3 rings (SSSR count). The average molecular weight is 406 g/mol. The van der Waals surface area contributed by atoms with Gasteiger partial charge in [0.15, 0.2) is 0 Å². The summed E-state index contributed by atoms with van der Waals surface area (Å²) in [6.45, 7) is 7.47. The van der Waals surface area contributed by atoms with Crippen LogP contribution in [0.3, 0.4) is 0 Å². The van der Waals surface area contributed by atoms with Gasteiger partial charge >= 0.3 is 0 Å². The molecular formula is C23H26N4O3. The summed E-state index contributed by atoms with van der Waals surface area (Å²) in [5.41, 5.74) is 1.73. The van der Waals surface area contributed by atoms with E-state index in [0.29, 0.717) is 22.5 Å². The molecule has 30 heavy (non-hydrogen) atoms. The molecule has 3 aromatic rings. The van der Waals surface area contributed by atoms with Gasteiger partial charge in [0.25, 0.3) is 17.4 Å². The molecule has 0 saturated carbocycles. The number of nitrogens with one attached hydrogen (secondary N) is 2. The standard InChI is InChI=1S/C23H26N4O3/c1-15-19(22(30)27(26(15)5)18-9-7-6-8-10-18)24-20(28)16-11-13-17(14-12-16)21(29)25-23(2,3)4/h6-14H,1-5H3,(H,24,28)(H,25,29). The van der Waals surface area contributed by atoms with Gasteiger partial charge in [-0.25, -0.2) is 4.68 Å². The average Bonchev–Trinajstić information content (AvgIpc) is 2.90. The van der Waals surface area contributed by atoms with E-state index in [4.69, 9.17) is 0 Å². The van der Waals surface area contributed by atoms with Gasteiger partial charge in [-0.05, 0) is 64.1 Å². The van der Waals surface area contributed by atoms with Gasteiger partial charge in [0.2, 0.25) is 0 Å². The summed E-state index contributed by atoms with van der Waals surface area (Å²) >= 11 is 0. The highest BCUT2D eigenvalue weighted by Gasteiger charge is 2.19. The monoisotopic (exact) mass is 406 g/mol. The van der Waals surface area contributed by atoms with Crippen LogP contribution in [0.2, 0.25) is 0 Å². The lowest BCUT2D eigenvalue weighted by molar-refractivity contribution is 0.0918. The van der Waals surface area contributed by atoms with Crippen molar-refractivity contribution in [1.82, 2.24) is 14.7 Å². The van der Waals surface area contributed by atoms with E-state index >= 15 is 0 Å². The van der Waals surface area contributed by atoms with Gasteiger partial charge in [0, 0.05) is 23.7 Å². The zero-order valence-corrected chi connectivity index (χ0v) is 17.8. The second-order valence-electron chi connectivity index (χ2n) is 8.17. The number of rotatable bonds is 4. The van der Waals surface area contributed by atoms with Crippen molar-refractivity contribution in [2.45, 2.75) is 33.2 Å². The molecule has 0 spiro atoms. The number of carbonyl (C=O) groups excluding carboxylic acids is 2. The van der Waals surface area contributed by atoms with E-state index in [0.717, 1.165) is 0 Å². The predicted octanol–water partition coefficient (Wildman–Crippen LogP) is 3.27. The first-order chi connectivity index (χ1) is 14.1. The quantitative estimate of drug-likeness (QED) is 0.697. The fourth-order valence-corrected chi connectivity index (χ4v) is 3.08. The van der Waals surface area contributed by atoms with E-state index < -0.39 is 5.91 Å². The fourth-order valence-electron chi connectivity index (χ4n) is 3.08. The zero-order valence-electron chi connectivity index (χ0n) is 17.8. The minimum absolute atomic E-state index is 0.209. The number of anilines is 1. The first-order valence-corrected chi connectivity index (χ1v) is 9.66. The number of nitrogens with zero attached hydrogens (tertiary/aromatic N) is 2. The van der Waals surface area contributed by atoms with Crippen LogP contribution in [0, 0.1) is 6.92 Å². The first-order valence-electron chi connectivity index (χ1n) is 9.66. The molecule has 0 fully saturated rings. The molecule has 1 heterocycles. The van der Waals surface area contributed by atoms with Crippen molar-refractivity contribution < 1.29 is 9.59 Å². The Morgan fingerprint density at radius 1 is 0.867 bits per heavy atom. The highest BCUT2D eigenvalue weighted by molar-refractivity contribution is 6.05. The van der Waals surface area contributed by atoms with Gasteiger partial charge in [-0.2, -0.15) is 0 Å². The molecule has 0 aliphatic carbocycles. The zero-order chi connectivity index (χ0) is 22.1. The Kier molecular flexibility index (Phi) is 5.64. The molecule has 0 radical (unpaired) electrons. The molecule has 1 aromatic heterocycles. The van der Waals surface area contributed by atoms with Crippen LogP contribution in [0.1, 0.15) is 47.2 Å². The fraction of sp³-hybridized carbons (Fsp3) is 0.261. The first kappa shape index (κ1) is 21.1. The Morgan fingerprint density at radius 3 is 1.93 bits per heavy atom. The van der Waals surface area contributed by atoms with Crippen molar-refractivity contribution >= 4 is 17.5 Å². The molecule has 7 heteroatoms. The van der Waals surface area contributed by atoms with Crippen molar-refractivity contribution in [3.63, 3.8) is 0 Å². The number of hydrogen-bond donors (Lipinski definition) is 2. The largest absolute Gasteiger partial charge is 0.347 e. The molecule has 2 N–H and O–H groups in total. The van der Waals surface area contributed by atoms with E-state index in [1.807, 2.05) is 51.1 Å². The lowest BCUT2D eigenvalue weighted by Gasteiger charge is -2.20. The minimum Gasteiger partial charge on any atom is -0.347 e. The lowest BCUT2D eigenvalue weighted by atomic mass is 10.1. The molecule has 0 saturated heterocycles. The number of hydrogen-bond acceptors (Lipinski definition) is 3. The lowest BCUT2D eigenvalue weighted by Crippen LogP contribution is -2.40. The Balaban J connectivity index is 1.83. The third kappa shape index (κ3) is 4.35.